The third kappa shape index (κ3) is 4.27. The van der Waals surface area contributed by atoms with Crippen molar-refractivity contribution in [1.29, 1.82) is 5.26 Å². The molecule has 0 fully saturated rings. The van der Waals surface area contributed by atoms with Crippen molar-refractivity contribution < 1.29 is 0 Å². The van der Waals surface area contributed by atoms with E-state index in [-0.39, 0.29) is 0 Å². The van der Waals surface area contributed by atoms with Gasteiger partial charge in [-0.15, -0.1) is 22.7 Å². The molecule has 2 heterocycles. The average Bonchev–Trinajstić information content (AvgIpc) is 3.69. The van der Waals surface area contributed by atoms with E-state index in [0.29, 0.717) is 5.56 Å². The Labute approximate surface area is 274 Å². The highest BCUT2D eigenvalue weighted by Crippen LogP contribution is 2.45. The molecule has 0 unspecified atom stereocenters. The molecule has 0 amide bonds. The molecule has 0 spiro atoms. The molecule has 9 rings (SSSR count). The van der Waals surface area contributed by atoms with Crippen LogP contribution in [0.4, 0.5) is 0 Å². The summed E-state index contributed by atoms with van der Waals surface area (Å²) < 4.78 is 5.19. The number of fused-ring (bicyclic) bond motifs is 6. The number of hydrogen-bond donors (Lipinski definition) is 0. The van der Waals surface area contributed by atoms with Gasteiger partial charge >= 0.3 is 0 Å². The van der Waals surface area contributed by atoms with Crippen LogP contribution in [-0.2, 0) is 0 Å². The van der Waals surface area contributed by atoms with Gasteiger partial charge in [0.05, 0.1) is 11.6 Å². The Morgan fingerprint density at radius 3 is 1.76 bits per heavy atom. The van der Waals surface area contributed by atoms with Crippen LogP contribution in [0, 0.1) is 11.3 Å². The minimum absolute atomic E-state index is 0.675. The van der Waals surface area contributed by atoms with Gasteiger partial charge in [-0.2, -0.15) is 5.26 Å². The van der Waals surface area contributed by atoms with E-state index >= 15 is 0 Å². The summed E-state index contributed by atoms with van der Waals surface area (Å²) in [4.78, 5) is 0. The largest absolute Gasteiger partial charge is 0.192 e. The van der Waals surface area contributed by atoms with Gasteiger partial charge in [0.25, 0.3) is 0 Å². The molecule has 46 heavy (non-hydrogen) atoms. The fourth-order valence-corrected chi connectivity index (χ4v) is 9.14. The first-order valence-corrected chi connectivity index (χ1v) is 17.0. The van der Waals surface area contributed by atoms with Gasteiger partial charge in [0.2, 0.25) is 0 Å². The molecule has 0 aliphatic carbocycles. The van der Waals surface area contributed by atoms with Crippen LogP contribution in [0.3, 0.4) is 0 Å². The molecule has 214 valence electrons. The van der Waals surface area contributed by atoms with Crippen LogP contribution >= 0.6 is 22.7 Å². The second-order valence-corrected chi connectivity index (χ2v) is 13.7. The Balaban J connectivity index is 1.32. The zero-order valence-electron chi connectivity index (χ0n) is 24.7. The smallest absolute Gasteiger partial charge is 0.0998 e. The molecule has 0 saturated carbocycles. The van der Waals surface area contributed by atoms with Crippen molar-refractivity contribution in [3.05, 3.63) is 157 Å². The predicted octanol–water partition coefficient (Wildman–Crippen LogP) is 13.0. The lowest BCUT2D eigenvalue weighted by atomic mass is 9.86. The lowest BCUT2D eigenvalue weighted by Crippen LogP contribution is -1.92. The maximum Gasteiger partial charge on any atom is 0.0998 e. The van der Waals surface area contributed by atoms with E-state index < -0.39 is 0 Å². The zero-order valence-corrected chi connectivity index (χ0v) is 26.3. The third-order valence-corrected chi connectivity index (χ3v) is 11.2. The Morgan fingerprint density at radius 2 is 0.935 bits per heavy atom. The van der Waals surface area contributed by atoms with Crippen LogP contribution in [-0.4, -0.2) is 0 Å². The Kier molecular flexibility index (Phi) is 6.31. The van der Waals surface area contributed by atoms with Crippen molar-refractivity contribution in [3.63, 3.8) is 0 Å². The van der Waals surface area contributed by atoms with Gasteiger partial charge in [0, 0.05) is 45.9 Å². The predicted molar refractivity (Wildman–Crippen MR) is 199 cm³/mol. The standard InChI is InChI=1S/C43H25NS2/c44-26-29-10-1-2-11-30(29)33-12-3-4-13-34(33)38-24-27(32-16-9-19-41-43(32)37-15-6-8-18-40(37)45-41)20-22-31(38)28-21-23-36-35-14-5-7-17-39(35)46-42(36)25-28/h1-25H. The van der Waals surface area contributed by atoms with Gasteiger partial charge in [-0.25, -0.2) is 0 Å². The van der Waals surface area contributed by atoms with Crippen molar-refractivity contribution in [1.82, 2.24) is 0 Å². The topological polar surface area (TPSA) is 23.8 Å². The van der Waals surface area contributed by atoms with Crippen molar-refractivity contribution in [2.45, 2.75) is 0 Å². The van der Waals surface area contributed by atoms with Gasteiger partial charge in [-0.05, 0) is 75.3 Å². The van der Waals surface area contributed by atoms with E-state index in [0.717, 1.165) is 22.3 Å². The molecule has 0 atom stereocenters. The molecule has 0 radical (unpaired) electrons. The second-order valence-electron chi connectivity index (χ2n) is 11.5. The Bertz CT molecular complexity index is 2670. The first-order chi connectivity index (χ1) is 22.8. The van der Waals surface area contributed by atoms with E-state index in [1.165, 1.54) is 62.6 Å². The molecule has 0 aliphatic heterocycles. The second kappa shape index (κ2) is 10.8. The summed E-state index contributed by atoms with van der Waals surface area (Å²) in [5, 5.41) is 15.2. The van der Waals surface area contributed by atoms with Crippen LogP contribution in [0.1, 0.15) is 5.56 Å². The minimum atomic E-state index is 0.675. The Morgan fingerprint density at radius 1 is 0.370 bits per heavy atom. The van der Waals surface area contributed by atoms with Crippen LogP contribution in [0.5, 0.6) is 0 Å². The lowest BCUT2D eigenvalue weighted by Gasteiger charge is -2.17. The third-order valence-electron chi connectivity index (χ3n) is 8.98. The number of nitriles is 1. The quantitative estimate of drug-likeness (QED) is 0.192. The SMILES string of the molecule is N#Cc1ccccc1-c1ccccc1-c1cc(-c2cccc3sc4ccccc4c23)ccc1-c1ccc2c(c1)sc1ccccc12. The molecule has 3 heteroatoms. The van der Waals surface area contributed by atoms with E-state index in [4.69, 9.17) is 0 Å². The average molecular weight is 620 g/mol. The van der Waals surface area contributed by atoms with E-state index in [1.54, 1.807) is 0 Å². The van der Waals surface area contributed by atoms with Gasteiger partial charge in [0.1, 0.15) is 0 Å². The van der Waals surface area contributed by atoms with Crippen molar-refractivity contribution in [3.8, 4) is 50.6 Å². The molecule has 1 nitrogen and oxygen atoms in total. The van der Waals surface area contributed by atoms with Crippen LogP contribution in [0.25, 0.3) is 84.9 Å². The summed E-state index contributed by atoms with van der Waals surface area (Å²) in [5.41, 5.74) is 9.71. The van der Waals surface area contributed by atoms with Gasteiger partial charge < -0.3 is 0 Å². The number of thiophene rings is 2. The number of hydrogen-bond acceptors (Lipinski definition) is 3. The molecule has 0 N–H and O–H groups in total. The van der Waals surface area contributed by atoms with Crippen molar-refractivity contribution in [2.24, 2.45) is 0 Å². The van der Waals surface area contributed by atoms with Gasteiger partial charge in [0.15, 0.2) is 0 Å². The normalized spacial score (nSPS) is 11.5. The van der Waals surface area contributed by atoms with E-state index in [9.17, 15) is 5.26 Å². The summed E-state index contributed by atoms with van der Waals surface area (Å²) in [6.45, 7) is 0. The minimum Gasteiger partial charge on any atom is -0.192 e. The summed E-state index contributed by atoms with van der Waals surface area (Å²) in [6.07, 6.45) is 0. The van der Waals surface area contributed by atoms with E-state index in [1.807, 2.05) is 40.9 Å². The van der Waals surface area contributed by atoms with Gasteiger partial charge in [-0.3, -0.25) is 0 Å². The first-order valence-electron chi connectivity index (χ1n) is 15.3. The first kappa shape index (κ1) is 26.8. The molecular formula is C43H25NS2. The monoisotopic (exact) mass is 619 g/mol. The Hall–Kier alpha value is -5.53. The van der Waals surface area contributed by atoms with Crippen LogP contribution in [0.2, 0.25) is 0 Å². The summed E-state index contributed by atoms with van der Waals surface area (Å²) in [5.74, 6) is 0. The number of benzene rings is 7. The summed E-state index contributed by atoms with van der Waals surface area (Å²) in [6, 6.07) is 56.7. The zero-order chi connectivity index (χ0) is 30.6. The molecule has 0 bridgehead atoms. The highest BCUT2D eigenvalue weighted by atomic mass is 32.1. The fourth-order valence-electron chi connectivity index (χ4n) is 6.86. The van der Waals surface area contributed by atoms with Crippen LogP contribution in [0.15, 0.2) is 152 Å². The van der Waals surface area contributed by atoms with Crippen molar-refractivity contribution in [2.75, 3.05) is 0 Å². The molecule has 0 saturated heterocycles. The summed E-state index contributed by atoms with van der Waals surface area (Å²) >= 11 is 3.69. The number of nitrogens with zero attached hydrogens (tertiary/aromatic N) is 1. The molecule has 2 aromatic heterocycles. The molecule has 9 aromatic rings. The molecular weight excluding hydrogens is 595 g/mol. The number of rotatable bonds is 4. The van der Waals surface area contributed by atoms with Crippen molar-refractivity contribution >= 4 is 63.0 Å². The van der Waals surface area contributed by atoms with Crippen LogP contribution < -0.4 is 0 Å². The molecule has 7 aromatic carbocycles. The highest BCUT2D eigenvalue weighted by Gasteiger charge is 2.18. The summed E-state index contributed by atoms with van der Waals surface area (Å²) in [7, 11) is 0. The molecule has 0 aliphatic rings. The van der Waals surface area contributed by atoms with Gasteiger partial charge in [-0.1, -0.05) is 115 Å². The lowest BCUT2D eigenvalue weighted by molar-refractivity contribution is 1.47. The maximum atomic E-state index is 10.0. The fraction of sp³-hybridized carbons (Fsp3) is 0. The highest BCUT2D eigenvalue weighted by molar-refractivity contribution is 7.26. The van der Waals surface area contributed by atoms with E-state index in [2.05, 4.69) is 140 Å². The maximum absolute atomic E-state index is 10.0.